The molecule has 0 amide bonds. The predicted molar refractivity (Wildman–Crippen MR) is 118 cm³/mol. The summed E-state index contributed by atoms with van der Waals surface area (Å²) in [5.41, 5.74) is 2.07. The number of nitrogens with zero attached hydrogens (tertiary/aromatic N) is 1. The quantitative estimate of drug-likeness (QED) is 0.185. The molecule has 2 aromatic carbocycles. The Balaban J connectivity index is 0. The molecule has 0 aliphatic rings. The zero-order valence-corrected chi connectivity index (χ0v) is 19.9. The van der Waals surface area contributed by atoms with E-state index in [0.717, 1.165) is 17.7 Å². The van der Waals surface area contributed by atoms with Crippen LogP contribution in [0.15, 0.2) is 59.8 Å². The third-order valence-electron chi connectivity index (χ3n) is 2.57. The van der Waals surface area contributed by atoms with Crippen LogP contribution in [0.1, 0.15) is 33.7 Å². The molecule has 0 radical (unpaired) electrons. The second kappa shape index (κ2) is 19.1. The van der Waals surface area contributed by atoms with Crippen LogP contribution in [0.3, 0.4) is 0 Å². The normalized spacial score (nSPS) is 9.12. The molecular weight excluding hydrogens is 567 g/mol. The van der Waals surface area contributed by atoms with Crippen LogP contribution < -0.4 is 4.74 Å². The first kappa shape index (κ1) is 23.8. The number of oxime groups is 1. The SMILES string of the molecule is CC.O/N=C/c1cccc(OCCc2ccccc2)c1.[2H]C.[I][V][I]. The molecule has 3 nitrogen and oxygen atoms in total. The Labute approximate surface area is 176 Å². The molecule has 0 spiro atoms. The van der Waals surface area contributed by atoms with Crippen molar-refractivity contribution >= 4 is 46.2 Å². The summed E-state index contributed by atoms with van der Waals surface area (Å²) in [5, 5.41) is 11.5. The van der Waals surface area contributed by atoms with E-state index in [2.05, 4.69) is 57.2 Å². The van der Waals surface area contributed by atoms with Crippen LogP contribution in [0.2, 0.25) is 0 Å². The van der Waals surface area contributed by atoms with Crippen LogP contribution in [0.5, 0.6) is 5.75 Å². The van der Waals surface area contributed by atoms with Crippen molar-refractivity contribution in [2.24, 2.45) is 5.16 Å². The van der Waals surface area contributed by atoms with Crippen LogP contribution in [0, 0.1) is 0 Å². The Morgan fingerprint density at radius 2 is 1.79 bits per heavy atom. The van der Waals surface area contributed by atoms with Crippen LogP contribution in [-0.4, -0.2) is 18.0 Å². The zero-order valence-electron chi connectivity index (χ0n) is 15.2. The second-order valence-electron chi connectivity index (χ2n) is 3.97. The zero-order chi connectivity index (χ0) is 19.3. The third-order valence-corrected chi connectivity index (χ3v) is 2.57. The number of benzene rings is 2. The van der Waals surface area contributed by atoms with Gasteiger partial charge < -0.3 is 9.94 Å². The van der Waals surface area contributed by atoms with Crippen LogP contribution >= 0.6 is 40.0 Å². The van der Waals surface area contributed by atoms with Gasteiger partial charge in [-0.1, -0.05) is 68.9 Å². The number of rotatable bonds is 5. The van der Waals surface area contributed by atoms with Crippen molar-refractivity contribution in [3.63, 3.8) is 0 Å². The van der Waals surface area contributed by atoms with Gasteiger partial charge in [-0.2, -0.15) is 0 Å². The van der Waals surface area contributed by atoms with Crippen molar-refractivity contribution in [2.75, 3.05) is 6.61 Å². The Kier molecular flexibility index (Phi) is 18.9. The first-order valence-corrected chi connectivity index (χ1v) is 16.2. The Morgan fingerprint density at radius 1 is 1.17 bits per heavy atom. The molecule has 0 aliphatic carbocycles. The summed E-state index contributed by atoms with van der Waals surface area (Å²) >= 11 is 4.74. The fourth-order valence-corrected chi connectivity index (χ4v) is 1.68. The van der Waals surface area contributed by atoms with E-state index in [-0.39, 0.29) is 0 Å². The third kappa shape index (κ3) is 13.1. The van der Waals surface area contributed by atoms with Crippen LogP contribution in [0.4, 0.5) is 0 Å². The van der Waals surface area contributed by atoms with E-state index in [4.69, 9.17) is 11.3 Å². The molecule has 133 valence electrons. The van der Waals surface area contributed by atoms with E-state index in [1.54, 1.807) is 0 Å². The van der Waals surface area contributed by atoms with Crippen molar-refractivity contribution in [1.82, 2.24) is 0 Å². The summed E-state index contributed by atoms with van der Waals surface area (Å²) in [5.74, 6) is 0.781. The van der Waals surface area contributed by atoms with Gasteiger partial charge in [0.05, 0.1) is 12.8 Å². The summed E-state index contributed by atoms with van der Waals surface area (Å²) in [7, 11) is 1.88. The predicted octanol–water partition coefficient (Wildman–Crippen LogP) is 6.55. The number of hydrogen-bond donors (Lipinski definition) is 1. The summed E-state index contributed by atoms with van der Waals surface area (Å²) in [6, 6.07) is 17.7. The van der Waals surface area contributed by atoms with Crippen molar-refractivity contribution in [3.8, 4) is 5.75 Å². The minimum atomic E-state index is 0.628. The van der Waals surface area contributed by atoms with Gasteiger partial charge in [0.15, 0.2) is 0 Å². The Morgan fingerprint density at radius 3 is 2.38 bits per heavy atom. The Bertz CT molecular complexity index is 546. The molecule has 0 saturated carbocycles. The molecule has 0 aromatic heterocycles. The molecule has 2 aromatic rings. The molecular formula is C18H25I2NO2V. The topological polar surface area (TPSA) is 41.8 Å². The van der Waals surface area contributed by atoms with Crippen LogP contribution in [0.25, 0.3) is 0 Å². The molecule has 24 heavy (non-hydrogen) atoms. The van der Waals surface area contributed by atoms with Gasteiger partial charge in [0.1, 0.15) is 5.75 Å². The monoisotopic (exact) mass is 593 g/mol. The molecule has 6 heteroatoms. The standard InChI is InChI=1S/C15H15NO2.C2H6.CH4.2HI.V/c17-16-12-14-7-4-8-15(11-14)18-10-9-13-5-2-1-3-6-13;1-2;;;;/h1-8,11-12,17H,9-10H2;1-2H3;1H4;2*1H;/q;;;;;+2/p-2/b16-12+;;;;;/i;;1D;;;. The molecule has 1 N–H and O–H groups in total. The molecule has 0 unspecified atom stereocenters. The molecule has 0 saturated heterocycles. The molecule has 0 fully saturated rings. The maximum absolute atomic E-state index is 8.46. The van der Waals surface area contributed by atoms with E-state index in [1.165, 1.54) is 19.2 Å². The van der Waals surface area contributed by atoms with Gasteiger partial charge in [0.25, 0.3) is 0 Å². The molecule has 0 heterocycles. The van der Waals surface area contributed by atoms with E-state index < -0.39 is 0 Å². The summed E-state index contributed by atoms with van der Waals surface area (Å²) < 4.78 is 11.4. The molecule has 0 aliphatic heterocycles. The number of hydrogen-bond acceptors (Lipinski definition) is 3. The first-order valence-electron chi connectivity index (χ1n) is 8.16. The average Bonchev–Trinajstić information content (AvgIpc) is 2.67. The van der Waals surface area contributed by atoms with E-state index in [0.29, 0.717) is 16.1 Å². The van der Waals surface area contributed by atoms with Crippen molar-refractivity contribution in [1.29, 1.82) is 0 Å². The van der Waals surface area contributed by atoms with Gasteiger partial charge in [-0.3, -0.25) is 0 Å². The van der Waals surface area contributed by atoms with Gasteiger partial charge in [-0.15, -0.1) is 0 Å². The summed E-state index contributed by atoms with van der Waals surface area (Å²) in [6.07, 6.45) is 2.25. The van der Waals surface area contributed by atoms with Crippen LogP contribution in [-0.2, 0) is 15.9 Å². The summed E-state index contributed by atoms with van der Waals surface area (Å²) in [6.45, 7) is 4.63. The van der Waals surface area contributed by atoms with E-state index >= 15 is 0 Å². The number of ether oxygens (including phenoxy) is 1. The van der Waals surface area contributed by atoms with E-state index in [9.17, 15) is 0 Å². The van der Waals surface area contributed by atoms with Gasteiger partial charge in [0.2, 0.25) is 0 Å². The first-order chi connectivity index (χ1) is 12.3. The summed E-state index contributed by atoms with van der Waals surface area (Å²) in [4.78, 5) is 0. The van der Waals surface area contributed by atoms with Gasteiger partial charge >= 0.3 is 49.4 Å². The Hall–Kier alpha value is -0.246. The molecule has 2 rings (SSSR count). The second-order valence-corrected chi connectivity index (χ2v) is 15.8. The van der Waals surface area contributed by atoms with Gasteiger partial charge in [0, 0.05) is 7.79 Å². The van der Waals surface area contributed by atoms with Gasteiger partial charge in [-0.05, 0) is 23.3 Å². The van der Waals surface area contributed by atoms with Crippen molar-refractivity contribution < 1.29 is 20.8 Å². The van der Waals surface area contributed by atoms with E-state index in [1.807, 2.05) is 56.3 Å². The average molecular weight is 593 g/mol. The fraction of sp³-hybridized carbons (Fsp3) is 0.278. The van der Waals surface area contributed by atoms with Crippen molar-refractivity contribution in [2.45, 2.75) is 27.7 Å². The minimum absolute atomic E-state index is 0.628. The molecule has 0 bridgehead atoms. The number of halogens is 2. The van der Waals surface area contributed by atoms with Gasteiger partial charge in [-0.25, -0.2) is 0 Å². The fourth-order valence-electron chi connectivity index (χ4n) is 1.68. The molecule has 0 atom stereocenters. The maximum atomic E-state index is 8.46. The van der Waals surface area contributed by atoms with Crippen molar-refractivity contribution in [3.05, 3.63) is 65.7 Å².